The maximum atomic E-state index is 5.89. The predicted molar refractivity (Wildman–Crippen MR) is 62.3 cm³/mol. The number of nitrogens with two attached hydrogens (primary N) is 1. The summed E-state index contributed by atoms with van der Waals surface area (Å²) in [6, 6.07) is 4.73. The third kappa shape index (κ3) is 1.79. The molecule has 0 fully saturated rings. The van der Waals surface area contributed by atoms with Crippen LogP contribution in [0.25, 0.3) is 0 Å². The fourth-order valence-electron chi connectivity index (χ4n) is 2.19. The molecule has 3 heteroatoms. The third-order valence-electron chi connectivity index (χ3n) is 3.19. The topological polar surface area (TPSA) is 38.5 Å². The number of methoxy groups -OCH3 is 1. The summed E-state index contributed by atoms with van der Waals surface area (Å²) in [5.74, 6) is 0.799. The van der Waals surface area contributed by atoms with Crippen molar-refractivity contribution in [2.45, 2.75) is 18.9 Å². The van der Waals surface area contributed by atoms with Crippen LogP contribution in [0.15, 0.2) is 12.1 Å². The molecule has 0 bridgehead atoms. The van der Waals surface area contributed by atoms with E-state index in [1.54, 1.807) is 7.11 Å². The van der Waals surface area contributed by atoms with Crippen molar-refractivity contribution in [3.8, 4) is 5.75 Å². The Morgan fingerprint density at radius 3 is 2.40 bits per heavy atom. The molecule has 1 aromatic rings. The van der Waals surface area contributed by atoms with Crippen molar-refractivity contribution in [3.05, 3.63) is 23.3 Å². The Kier molecular flexibility index (Phi) is 2.57. The fourth-order valence-corrected chi connectivity index (χ4v) is 2.19. The molecule has 2 rings (SSSR count). The van der Waals surface area contributed by atoms with Gasteiger partial charge in [0.15, 0.2) is 0 Å². The monoisotopic (exact) mass is 206 g/mol. The van der Waals surface area contributed by atoms with E-state index in [2.05, 4.69) is 31.1 Å². The lowest BCUT2D eigenvalue weighted by atomic mass is 10.1. The van der Waals surface area contributed by atoms with Gasteiger partial charge in [-0.1, -0.05) is 0 Å². The van der Waals surface area contributed by atoms with Crippen LogP contribution in [0.1, 0.15) is 11.1 Å². The highest BCUT2D eigenvalue weighted by atomic mass is 16.5. The summed E-state index contributed by atoms with van der Waals surface area (Å²) in [4.78, 5) is 2.27. The summed E-state index contributed by atoms with van der Waals surface area (Å²) >= 11 is 0. The Hall–Kier alpha value is -1.22. The molecule has 3 nitrogen and oxygen atoms in total. The number of nitrogen functional groups attached to an aromatic ring is 1. The highest BCUT2D eigenvalue weighted by Gasteiger charge is 2.24. The number of benzene rings is 1. The molecule has 0 radical (unpaired) electrons. The van der Waals surface area contributed by atoms with Crippen LogP contribution in [0.4, 0.5) is 5.69 Å². The molecular weight excluding hydrogens is 188 g/mol. The van der Waals surface area contributed by atoms with Gasteiger partial charge < -0.3 is 15.4 Å². The lowest BCUT2D eigenvalue weighted by Gasteiger charge is -2.17. The molecule has 0 aromatic heterocycles. The number of hydrogen-bond acceptors (Lipinski definition) is 3. The molecule has 2 N–H and O–H groups in total. The van der Waals surface area contributed by atoms with Gasteiger partial charge in [-0.25, -0.2) is 0 Å². The van der Waals surface area contributed by atoms with E-state index in [4.69, 9.17) is 10.5 Å². The largest absolute Gasteiger partial charge is 0.495 e. The standard InChI is InChI=1S/C12H18N2O/c1-14(2)10-4-8-6-11(13)12(15-3)7-9(8)5-10/h6-7,10H,4-5,13H2,1-3H3. The lowest BCUT2D eigenvalue weighted by molar-refractivity contribution is 0.303. The van der Waals surface area contributed by atoms with Crippen LogP contribution >= 0.6 is 0 Å². The van der Waals surface area contributed by atoms with Gasteiger partial charge in [0.25, 0.3) is 0 Å². The average molecular weight is 206 g/mol. The summed E-state index contributed by atoms with van der Waals surface area (Å²) in [5, 5.41) is 0. The number of nitrogens with zero attached hydrogens (tertiary/aromatic N) is 1. The molecule has 1 atom stereocenters. The Morgan fingerprint density at radius 1 is 1.27 bits per heavy atom. The third-order valence-corrected chi connectivity index (χ3v) is 3.19. The van der Waals surface area contributed by atoms with Crippen molar-refractivity contribution in [3.63, 3.8) is 0 Å². The number of rotatable bonds is 2. The quantitative estimate of drug-likeness (QED) is 0.741. The van der Waals surface area contributed by atoms with Crippen molar-refractivity contribution in [2.24, 2.45) is 0 Å². The van der Waals surface area contributed by atoms with Gasteiger partial charge in [0.05, 0.1) is 12.8 Å². The molecule has 0 aliphatic heterocycles. The van der Waals surface area contributed by atoms with E-state index in [9.17, 15) is 0 Å². The van der Waals surface area contributed by atoms with Crippen LogP contribution in [0.5, 0.6) is 5.75 Å². The van der Waals surface area contributed by atoms with Gasteiger partial charge in [-0.05, 0) is 50.2 Å². The molecule has 1 aromatic carbocycles. The van der Waals surface area contributed by atoms with Crippen molar-refractivity contribution in [1.29, 1.82) is 0 Å². The van der Waals surface area contributed by atoms with Crippen molar-refractivity contribution in [1.82, 2.24) is 4.90 Å². The highest BCUT2D eigenvalue weighted by molar-refractivity contribution is 5.58. The first kappa shape index (κ1) is 10.3. The van der Waals surface area contributed by atoms with Crippen LogP contribution in [0, 0.1) is 0 Å². The number of fused-ring (bicyclic) bond motifs is 1. The van der Waals surface area contributed by atoms with E-state index < -0.39 is 0 Å². The molecule has 82 valence electrons. The van der Waals surface area contributed by atoms with E-state index in [1.807, 2.05) is 0 Å². The van der Waals surface area contributed by atoms with Gasteiger partial charge in [0, 0.05) is 6.04 Å². The van der Waals surface area contributed by atoms with Gasteiger partial charge in [-0.2, -0.15) is 0 Å². The summed E-state index contributed by atoms with van der Waals surface area (Å²) < 4.78 is 5.23. The number of likely N-dealkylation sites (N-methyl/N-ethyl adjacent to an activating group) is 1. The number of ether oxygens (including phenoxy) is 1. The van der Waals surface area contributed by atoms with Gasteiger partial charge in [-0.3, -0.25) is 0 Å². The molecule has 0 spiro atoms. The Morgan fingerprint density at radius 2 is 1.87 bits per heavy atom. The van der Waals surface area contributed by atoms with E-state index in [-0.39, 0.29) is 0 Å². The van der Waals surface area contributed by atoms with E-state index in [1.165, 1.54) is 11.1 Å². The van der Waals surface area contributed by atoms with Crippen LogP contribution < -0.4 is 10.5 Å². The van der Waals surface area contributed by atoms with Crippen LogP contribution in [0.2, 0.25) is 0 Å². The zero-order valence-electron chi connectivity index (χ0n) is 9.58. The predicted octanol–water partition coefficient (Wildman–Crippen LogP) is 1.31. The minimum Gasteiger partial charge on any atom is -0.495 e. The van der Waals surface area contributed by atoms with Crippen molar-refractivity contribution < 1.29 is 4.74 Å². The second kappa shape index (κ2) is 3.74. The zero-order chi connectivity index (χ0) is 11.0. The van der Waals surface area contributed by atoms with Gasteiger partial charge in [-0.15, -0.1) is 0 Å². The first-order chi connectivity index (χ1) is 7.11. The minimum absolute atomic E-state index is 0.603. The molecule has 1 aliphatic rings. The van der Waals surface area contributed by atoms with E-state index in [0.717, 1.165) is 24.3 Å². The first-order valence-electron chi connectivity index (χ1n) is 5.23. The Labute approximate surface area is 90.8 Å². The van der Waals surface area contributed by atoms with Gasteiger partial charge >= 0.3 is 0 Å². The maximum Gasteiger partial charge on any atom is 0.142 e. The SMILES string of the molecule is COc1cc2c(cc1N)CC(N(C)C)C2. The van der Waals surface area contributed by atoms with Crippen LogP contribution in [-0.4, -0.2) is 32.1 Å². The molecule has 1 unspecified atom stereocenters. The first-order valence-corrected chi connectivity index (χ1v) is 5.23. The van der Waals surface area contributed by atoms with Crippen molar-refractivity contribution >= 4 is 5.69 Å². The summed E-state index contributed by atoms with van der Waals surface area (Å²) in [5.41, 5.74) is 9.38. The van der Waals surface area contributed by atoms with E-state index in [0.29, 0.717) is 6.04 Å². The van der Waals surface area contributed by atoms with E-state index >= 15 is 0 Å². The lowest BCUT2D eigenvalue weighted by Crippen LogP contribution is -2.27. The summed E-state index contributed by atoms with van der Waals surface area (Å²) in [6.45, 7) is 0. The Bertz CT molecular complexity index is 374. The number of anilines is 1. The van der Waals surface area contributed by atoms with Crippen molar-refractivity contribution in [2.75, 3.05) is 26.9 Å². The fraction of sp³-hybridized carbons (Fsp3) is 0.500. The maximum absolute atomic E-state index is 5.89. The highest BCUT2D eigenvalue weighted by Crippen LogP contribution is 2.32. The second-order valence-electron chi connectivity index (χ2n) is 4.39. The molecule has 1 aliphatic carbocycles. The molecule has 15 heavy (non-hydrogen) atoms. The molecule has 0 saturated heterocycles. The molecule has 0 amide bonds. The smallest absolute Gasteiger partial charge is 0.142 e. The second-order valence-corrected chi connectivity index (χ2v) is 4.39. The van der Waals surface area contributed by atoms with Gasteiger partial charge in [0.2, 0.25) is 0 Å². The zero-order valence-corrected chi connectivity index (χ0v) is 9.58. The average Bonchev–Trinajstić information content (AvgIpc) is 2.59. The molecular formula is C12H18N2O. The molecule has 0 saturated carbocycles. The normalized spacial score (nSPS) is 19.3. The minimum atomic E-state index is 0.603. The van der Waals surface area contributed by atoms with Crippen LogP contribution in [-0.2, 0) is 12.8 Å². The Balaban J connectivity index is 2.31. The summed E-state index contributed by atoms with van der Waals surface area (Å²) in [6.07, 6.45) is 2.19. The number of hydrogen-bond donors (Lipinski definition) is 1. The summed E-state index contributed by atoms with van der Waals surface area (Å²) in [7, 11) is 5.91. The van der Waals surface area contributed by atoms with Crippen LogP contribution in [0.3, 0.4) is 0 Å². The molecule has 0 heterocycles. The van der Waals surface area contributed by atoms with Gasteiger partial charge in [0.1, 0.15) is 5.75 Å².